The Kier molecular flexibility index (Phi) is 7.18. The fourth-order valence-corrected chi connectivity index (χ4v) is 4.91. The van der Waals surface area contributed by atoms with Crippen molar-refractivity contribution in [3.05, 3.63) is 53.2 Å². The first-order valence-corrected chi connectivity index (χ1v) is 13.3. The highest BCUT2D eigenvalue weighted by Crippen LogP contribution is 2.33. The Morgan fingerprint density at radius 2 is 2.06 bits per heavy atom. The van der Waals surface area contributed by atoms with Crippen molar-refractivity contribution in [3.63, 3.8) is 0 Å². The largest absolute Gasteiger partial charge is 0.489 e. The highest BCUT2D eigenvalue weighted by Gasteiger charge is 2.27. The van der Waals surface area contributed by atoms with E-state index in [0.29, 0.717) is 35.8 Å². The molecule has 0 saturated carbocycles. The van der Waals surface area contributed by atoms with Gasteiger partial charge in [-0.3, -0.25) is 4.79 Å². The number of nitrogens with one attached hydrogen (secondary N) is 3. The Morgan fingerprint density at radius 1 is 1.29 bits per heavy atom. The molecule has 2 aliphatic heterocycles. The van der Waals surface area contributed by atoms with Crippen LogP contribution >= 0.6 is 11.8 Å². The van der Waals surface area contributed by atoms with Crippen molar-refractivity contribution >= 4 is 39.1 Å². The van der Waals surface area contributed by atoms with Gasteiger partial charge in [-0.05, 0) is 48.5 Å². The number of piperazine rings is 1. The molecular weight excluding hydrogens is 476 g/mol. The molecule has 12 heteroatoms. The molecule has 0 spiro atoms. The molecule has 1 amide bonds. The summed E-state index contributed by atoms with van der Waals surface area (Å²) in [6.07, 6.45) is 2.85. The van der Waals surface area contributed by atoms with Gasteiger partial charge in [-0.25, -0.2) is 13.6 Å². The third-order valence-electron chi connectivity index (χ3n) is 5.16. The zero-order chi connectivity index (χ0) is 24.3. The lowest BCUT2D eigenvalue weighted by molar-refractivity contribution is -0.300. The molecule has 5 N–H and O–H groups in total. The van der Waals surface area contributed by atoms with Crippen LogP contribution in [0.4, 0.5) is 5.69 Å². The number of amides is 1. The number of carbonyl (C=O) groups is 1. The fraction of sp³-hybridized carbons (Fsp3) is 0.364. The lowest BCUT2D eigenvalue weighted by Crippen LogP contribution is -2.47. The van der Waals surface area contributed by atoms with Gasteiger partial charge in [0.25, 0.3) is 0 Å². The SMILES string of the molecule is CC(C)Oc1ccc(S(N)(=O)=O)cc1NC1NC(c2c#[n+]c(C(=O)N3CCNCC3)cc2)=CS1. The number of rotatable bonds is 7. The molecule has 180 valence electrons. The Labute approximate surface area is 203 Å². The van der Waals surface area contributed by atoms with E-state index in [9.17, 15) is 13.2 Å². The van der Waals surface area contributed by atoms with Crippen LogP contribution in [-0.4, -0.2) is 57.0 Å². The Morgan fingerprint density at radius 3 is 2.71 bits per heavy atom. The molecule has 2 aromatic rings. The van der Waals surface area contributed by atoms with Gasteiger partial charge in [0.05, 0.1) is 22.4 Å². The van der Waals surface area contributed by atoms with Gasteiger partial charge in [-0.2, -0.15) is 0 Å². The molecular formula is C22H27N6O4S2+. The number of ether oxygens (including phenoxy) is 1. The quantitative estimate of drug-likeness (QED) is 0.427. The second-order valence-electron chi connectivity index (χ2n) is 8.10. The van der Waals surface area contributed by atoms with E-state index in [4.69, 9.17) is 9.88 Å². The first-order chi connectivity index (χ1) is 16.2. The number of hydrogen-bond acceptors (Lipinski definition) is 8. The number of nitrogens with zero attached hydrogens (tertiary/aromatic N) is 2. The predicted octanol–water partition coefficient (Wildman–Crippen LogP) is 0.597. The van der Waals surface area contributed by atoms with Crippen LogP contribution in [-0.2, 0) is 10.0 Å². The van der Waals surface area contributed by atoms with Gasteiger partial charge < -0.3 is 25.6 Å². The second-order valence-corrected chi connectivity index (χ2v) is 10.6. The Hall–Kier alpha value is -2.98. The number of primary sulfonamides is 1. The Bertz CT molecular complexity index is 1180. The maximum atomic E-state index is 12.6. The number of carbonyl (C=O) groups excluding carboxylic acids is 1. The number of hydrogen-bond donors (Lipinski definition) is 4. The van der Waals surface area contributed by atoms with Crippen LogP contribution in [0.3, 0.4) is 0 Å². The molecule has 0 bridgehead atoms. The minimum atomic E-state index is -3.86. The minimum absolute atomic E-state index is 0.00967. The summed E-state index contributed by atoms with van der Waals surface area (Å²) in [5.74, 6) is 0.418. The molecule has 1 saturated heterocycles. The average Bonchev–Trinajstić information content (AvgIpc) is 3.28. The van der Waals surface area contributed by atoms with Crippen molar-refractivity contribution < 1.29 is 22.9 Å². The molecule has 1 atom stereocenters. The van der Waals surface area contributed by atoms with Crippen LogP contribution in [0.25, 0.3) is 5.70 Å². The van der Waals surface area contributed by atoms with E-state index >= 15 is 0 Å². The normalized spacial score (nSPS) is 18.2. The molecule has 1 unspecified atom stereocenters. The zero-order valence-corrected chi connectivity index (χ0v) is 20.5. The van der Waals surface area contributed by atoms with E-state index in [2.05, 4.69) is 27.1 Å². The van der Waals surface area contributed by atoms with E-state index in [1.54, 1.807) is 23.1 Å². The molecule has 1 fully saturated rings. The smallest absolute Gasteiger partial charge is 0.404 e. The first kappa shape index (κ1) is 24.2. The highest BCUT2D eigenvalue weighted by atomic mass is 32.2. The van der Waals surface area contributed by atoms with Crippen molar-refractivity contribution in [1.82, 2.24) is 15.5 Å². The van der Waals surface area contributed by atoms with Gasteiger partial charge in [0.1, 0.15) is 16.8 Å². The summed E-state index contributed by atoms with van der Waals surface area (Å²) in [5.41, 5.74) is 2.06. The number of thioether (sulfide) groups is 1. The molecule has 1 aromatic heterocycles. The van der Waals surface area contributed by atoms with Crippen molar-refractivity contribution in [2.75, 3.05) is 31.5 Å². The number of aromatic nitrogens is 1. The molecule has 2 aliphatic rings. The second kappa shape index (κ2) is 10.1. The molecule has 0 radical (unpaired) electrons. The van der Waals surface area contributed by atoms with Gasteiger partial charge in [0.15, 0.2) is 0 Å². The number of nitrogens with two attached hydrogens (primary N) is 1. The van der Waals surface area contributed by atoms with Gasteiger partial charge in [-0.1, -0.05) is 11.8 Å². The van der Waals surface area contributed by atoms with Crippen molar-refractivity contribution in [3.8, 4) is 5.75 Å². The summed E-state index contributed by atoms with van der Waals surface area (Å²) in [6, 6.07) is 7.97. The van der Waals surface area contributed by atoms with Crippen LogP contribution in [0, 0.1) is 6.20 Å². The topological polar surface area (TPSA) is 140 Å². The van der Waals surface area contributed by atoms with E-state index in [1.165, 1.54) is 23.9 Å². The van der Waals surface area contributed by atoms with Crippen LogP contribution < -0.4 is 30.8 Å². The van der Waals surface area contributed by atoms with Crippen molar-refractivity contribution in [2.24, 2.45) is 5.14 Å². The first-order valence-electron chi connectivity index (χ1n) is 10.8. The van der Waals surface area contributed by atoms with Gasteiger partial charge >= 0.3 is 17.8 Å². The molecule has 1 aromatic carbocycles. The van der Waals surface area contributed by atoms with Crippen molar-refractivity contribution in [1.29, 1.82) is 0 Å². The molecule has 3 heterocycles. The molecule has 10 nitrogen and oxygen atoms in total. The third-order valence-corrected chi connectivity index (χ3v) is 6.95. The van der Waals surface area contributed by atoms with E-state index in [0.717, 1.165) is 18.8 Å². The number of benzene rings is 1. The van der Waals surface area contributed by atoms with Gasteiger partial charge in [-0.15, -0.1) is 0 Å². The van der Waals surface area contributed by atoms with Crippen LogP contribution in [0.5, 0.6) is 5.75 Å². The van der Waals surface area contributed by atoms with Crippen LogP contribution in [0.2, 0.25) is 0 Å². The predicted molar refractivity (Wildman–Crippen MR) is 129 cm³/mol. The monoisotopic (exact) mass is 503 g/mol. The lowest BCUT2D eigenvalue weighted by Gasteiger charge is -2.24. The summed E-state index contributed by atoms with van der Waals surface area (Å²) in [4.78, 5) is 18.6. The van der Waals surface area contributed by atoms with Crippen molar-refractivity contribution in [2.45, 2.75) is 30.3 Å². The summed E-state index contributed by atoms with van der Waals surface area (Å²) in [5, 5.41) is 17.0. The third kappa shape index (κ3) is 5.74. The lowest BCUT2D eigenvalue weighted by atomic mass is 10.2. The molecule has 34 heavy (non-hydrogen) atoms. The summed E-state index contributed by atoms with van der Waals surface area (Å²) in [6.45, 7) is 6.65. The number of sulfonamides is 1. The summed E-state index contributed by atoms with van der Waals surface area (Å²) in [7, 11) is -3.86. The summed E-state index contributed by atoms with van der Waals surface area (Å²) >= 11 is 1.46. The number of anilines is 1. The van der Waals surface area contributed by atoms with E-state index < -0.39 is 10.0 Å². The van der Waals surface area contributed by atoms with Gasteiger partial charge in [0, 0.05) is 32.2 Å². The van der Waals surface area contributed by atoms with Crippen LogP contribution in [0.15, 0.2) is 40.6 Å². The maximum absolute atomic E-state index is 12.6. The highest BCUT2D eigenvalue weighted by molar-refractivity contribution is 8.03. The Balaban J connectivity index is 1.44. The minimum Gasteiger partial charge on any atom is -0.489 e. The van der Waals surface area contributed by atoms with Gasteiger partial charge in [0.2, 0.25) is 10.0 Å². The summed E-state index contributed by atoms with van der Waals surface area (Å²) < 4.78 is 29.4. The maximum Gasteiger partial charge on any atom is 0.404 e. The standard InChI is InChI=1S/C22H27N6O4S2/c1-14(2)32-20-6-4-16(34(23,30)31)11-18(20)26-22-27-19(13-33-22)15-3-5-17(25-12-15)21(29)28-9-7-24-8-10-28/h3-6,11,13-14,22,24,26-27H,7-10H2,1-2H3,(H2,23,30,31)/q+1. The van der Waals surface area contributed by atoms with Crippen LogP contribution in [0.1, 0.15) is 29.9 Å². The van der Waals surface area contributed by atoms with E-state index in [1.807, 2.05) is 19.3 Å². The molecule has 0 aliphatic carbocycles. The van der Waals surface area contributed by atoms with E-state index in [-0.39, 0.29) is 22.4 Å². The average molecular weight is 504 g/mol. The molecule has 4 rings (SSSR count). The zero-order valence-electron chi connectivity index (χ0n) is 18.9. The fourth-order valence-electron chi connectivity index (χ4n) is 3.51.